The van der Waals surface area contributed by atoms with Crippen molar-refractivity contribution in [3.63, 3.8) is 0 Å². The smallest absolute Gasteiger partial charge is 0.0202 e. The lowest BCUT2D eigenvalue weighted by Crippen LogP contribution is -2.09. The maximum atomic E-state index is 2.45. The Kier molecular flexibility index (Phi) is 3.89. The lowest BCUT2D eigenvalue weighted by atomic mass is 9.83. The van der Waals surface area contributed by atoms with Gasteiger partial charge < -0.3 is 0 Å². The molecule has 0 radical (unpaired) electrons. The molecule has 0 fully saturated rings. The Balaban J connectivity index is 1.85. The van der Waals surface area contributed by atoms with Gasteiger partial charge in [-0.3, -0.25) is 0 Å². The first-order valence-electron chi connectivity index (χ1n) is 8.22. The zero-order valence-corrected chi connectivity index (χ0v) is 13.7. The van der Waals surface area contributed by atoms with Gasteiger partial charge in [-0.05, 0) is 73.8 Å². The van der Waals surface area contributed by atoms with Crippen molar-refractivity contribution in [1.29, 1.82) is 0 Å². The van der Waals surface area contributed by atoms with E-state index in [4.69, 9.17) is 0 Å². The lowest BCUT2D eigenvalue weighted by molar-refractivity contribution is 0.668. The molecule has 1 aromatic carbocycles. The maximum absolute atomic E-state index is 2.45. The zero-order valence-electron chi connectivity index (χ0n) is 13.7. The Hall–Kier alpha value is -1.56. The van der Waals surface area contributed by atoms with E-state index in [9.17, 15) is 0 Å². The van der Waals surface area contributed by atoms with Gasteiger partial charge in [0.05, 0.1) is 0 Å². The van der Waals surface area contributed by atoms with Gasteiger partial charge in [0, 0.05) is 5.92 Å². The average Bonchev–Trinajstić information content (AvgIpc) is 3.27. The Morgan fingerprint density at radius 2 is 1.67 bits per heavy atom. The summed E-state index contributed by atoms with van der Waals surface area (Å²) in [6.45, 7) is 9.11. The normalized spacial score (nSPS) is 19.2. The van der Waals surface area contributed by atoms with Crippen molar-refractivity contribution in [3.8, 4) is 0 Å². The highest BCUT2D eigenvalue weighted by molar-refractivity contribution is 5.48. The maximum Gasteiger partial charge on any atom is 0.0202 e. The highest BCUT2D eigenvalue weighted by atomic mass is 14.3. The molecule has 21 heavy (non-hydrogen) atoms. The van der Waals surface area contributed by atoms with Crippen molar-refractivity contribution in [3.05, 3.63) is 69.8 Å². The molecule has 1 atom stereocenters. The van der Waals surface area contributed by atoms with Crippen molar-refractivity contribution < 1.29 is 0 Å². The quantitative estimate of drug-likeness (QED) is 0.610. The Morgan fingerprint density at radius 1 is 1.00 bits per heavy atom. The summed E-state index contributed by atoms with van der Waals surface area (Å²) in [5.41, 5.74) is 8.97. The molecule has 1 aromatic rings. The van der Waals surface area contributed by atoms with E-state index in [1.54, 1.807) is 11.1 Å². The minimum Gasteiger partial charge on any atom is -0.0810 e. The fourth-order valence-electron chi connectivity index (χ4n) is 3.50. The molecule has 0 bridgehead atoms. The molecule has 0 saturated carbocycles. The van der Waals surface area contributed by atoms with Crippen molar-refractivity contribution in [2.75, 3.05) is 0 Å². The Bertz CT molecular complexity index is 634. The molecule has 3 rings (SSSR count). The van der Waals surface area contributed by atoms with Crippen LogP contribution in [0.25, 0.3) is 0 Å². The predicted octanol–water partition coefficient (Wildman–Crippen LogP) is 5.80. The topological polar surface area (TPSA) is 0 Å². The summed E-state index contributed by atoms with van der Waals surface area (Å²) in [5, 5.41) is 0. The number of hydrogen-bond acceptors (Lipinski definition) is 0. The molecule has 0 saturated heterocycles. The van der Waals surface area contributed by atoms with E-state index in [1.165, 1.54) is 35.1 Å². The number of aryl methyl sites for hydroxylation is 2. The van der Waals surface area contributed by atoms with Gasteiger partial charge in [-0.25, -0.2) is 0 Å². The summed E-state index contributed by atoms with van der Waals surface area (Å²) in [7, 11) is 0. The van der Waals surface area contributed by atoms with Gasteiger partial charge in [-0.15, -0.1) is 0 Å². The van der Waals surface area contributed by atoms with Gasteiger partial charge in [-0.2, -0.15) is 0 Å². The monoisotopic (exact) mass is 278 g/mol. The van der Waals surface area contributed by atoms with Crippen LogP contribution in [0.5, 0.6) is 0 Å². The summed E-state index contributed by atoms with van der Waals surface area (Å²) in [4.78, 5) is 0. The van der Waals surface area contributed by atoms with E-state index in [1.807, 2.05) is 0 Å². The van der Waals surface area contributed by atoms with Crippen LogP contribution in [0.4, 0.5) is 0 Å². The number of rotatable bonds is 4. The second-order valence-corrected chi connectivity index (χ2v) is 6.78. The van der Waals surface area contributed by atoms with E-state index < -0.39 is 0 Å². The lowest BCUT2D eigenvalue weighted by Gasteiger charge is -2.22. The molecule has 0 heterocycles. The number of hydrogen-bond donors (Lipinski definition) is 0. The summed E-state index contributed by atoms with van der Waals surface area (Å²) in [6, 6.07) is 4.82. The third-order valence-electron chi connectivity index (χ3n) is 4.99. The molecule has 0 aromatic heterocycles. The molecule has 0 heteroatoms. The first kappa shape index (κ1) is 14.4. The van der Waals surface area contributed by atoms with Gasteiger partial charge in [0.15, 0.2) is 0 Å². The SMILES string of the molecule is CC1=CCCC=C1C(C)Cc1cc(C)c(C)cc1C1C=C1. The summed E-state index contributed by atoms with van der Waals surface area (Å²) < 4.78 is 0. The molecule has 110 valence electrons. The van der Waals surface area contributed by atoms with Crippen molar-refractivity contribution in [2.45, 2.75) is 52.9 Å². The second-order valence-electron chi connectivity index (χ2n) is 6.78. The van der Waals surface area contributed by atoms with Crippen molar-refractivity contribution in [1.82, 2.24) is 0 Å². The van der Waals surface area contributed by atoms with Crippen molar-refractivity contribution in [2.24, 2.45) is 5.92 Å². The first-order chi connectivity index (χ1) is 10.1. The summed E-state index contributed by atoms with van der Waals surface area (Å²) in [6.07, 6.45) is 13.0. The van der Waals surface area contributed by atoms with Crippen LogP contribution in [0.3, 0.4) is 0 Å². The van der Waals surface area contributed by atoms with E-state index in [0.717, 1.165) is 6.42 Å². The minimum atomic E-state index is 0.600. The Labute approximate surface area is 129 Å². The molecular weight excluding hydrogens is 252 g/mol. The fraction of sp³-hybridized carbons (Fsp3) is 0.429. The van der Waals surface area contributed by atoms with Gasteiger partial charge in [0.2, 0.25) is 0 Å². The first-order valence-corrected chi connectivity index (χ1v) is 8.22. The molecule has 0 spiro atoms. The van der Waals surface area contributed by atoms with Gasteiger partial charge in [0.1, 0.15) is 0 Å². The molecule has 2 aliphatic rings. The molecule has 1 unspecified atom stereocenters. The Morgan fingerprint density at radius 3 is 2.33 bits per heavy atom. The highest BCUT2D eigenvalue weighted by Crippen LogP contribution is 2.36. The largest absolute Gasteiger partial charge is 0.0810 e. The molecule has 0 N–H and O–H groups in total. The molecule has 0 amide bonds. The van der Waals surface area contributed by atoms with Crippen LogP contribution < -0.4 is 0 Å². The molecular formula is C21H26. The standard InChI is InChI=1S/C21H26/c1-14-7-5-6-8-20(14)17(4)12-19-11-15(2)16(3)13-21(19)18-9-10-18/h7-11,13,17-18H,5-6,12H2,1-4H3. The molecule has 0 aliphatic heterocycles. The van der Waals surface area contributed by atoms with Gasteiger partial charge >= 0.3 is 0 Å². The highest BCUT2D eigenvalue weighted by Gasteiger charge is 2.21. The molecule has 2 aliphatic carbocycles. The van der Waals surface area contributed by atoms with E-state index in [2.05, 4.69) is 64.1 Å². The van der Waals surface area contributed by atoms with Crippen LogP contribution >= 0.6 is 0 Å². The van der Waals surface area contributed by atoms with E-state index in [0.29, 0.717) is 11.8 Å². The third kappa shape index (κ3) is 3.05. The van der Waals surface area contributed by atoms with Crippen LogP contribution in [-0.4, -0.2) is 0 Å². The minimum absolute atomic E-state index is 0.600. The van der Waals surface area contributed by atoms with E-state index >= 15 is 0 Å². The van der Waals surface area contributed by atoms with Crippen LogP contribution in [0.2, 0.25) is 0 Å². The van der Waals surface area contributed by atoms with Crippen LogP contribution in [0, 0.1) is 19.8 Å². The van der Waals surface area contributed by atoms with Gasteiger partial charge in [0.25, 0.3) is 0 Å². The predicted molar refractivity (Wildman–Crippen MR) is 91.7 cm³/mol. The number of benzene rings is 1. The number of allylic oxidation sites excluding steroid dienone is 6. The average molecular weight is 278 g/mol. The van der Waals surface area contributed by atoms with Crippen molar-refractivity contribution >= 4 is 0 Å². The summed E-state index contributed by atoms with van der Waals surface area (Å²) in [5.74, 6) is 1.21. The van der Waals surface area contributed by atoms with Crippen LogP contribution in [0.1, 0.15) is 54.9 Å². The summed E-state index contributed by atoms with van der Waals surface area (Å²) >= 11 is 0. The zero-order chi connectivity index (χ0) is 15.0. The van der Waals surface area contributed by atoms with E-state index in [-0.39, 0.29) is 0 Å². The van der Waals surface area contributed by atoms with Crippen LogP contribution in [-0.2, 0) is 6.42 Å². The van der Waals surface area contributed by atoms with Gasteiger partial charge in [-0.1, -0.05) is 48.9 Å². The van der Waals surface area contributed by atoms with Crippen LogP contribution in [0.15, 0.2) is 47.6 Å². The fourth-order valence-corrected chi connectivity index (χ4v) is 3.50. The molecule has 0 nitrogen and oxygen atoms in total. The third-order valence-corrected chi connectivity index (χ3v) is 4.99. The second kappa shape index (κ2) is 5.67.